The van der Waals surface area contributed by atoms with Crippen molar-refractivity contribution in [1.82, 2.24) is 0 Å². The predicted octanol–water partition coefficient (Wildman–Crippen LogP) is 6.48. The number of rotatable bonds is 7. The first kappa shape index (κ1) is 19.4. The molecule has 1 aromatic heterocycles. The average Bonchev–Trinajstić information content (AvgIpc) is 2.94. The lowest BCUT2D eigenvalue weighted by Gasteiger charge is -2.19. The molecule has 1 heterocycles. The van der Waals surface area contributed by atoms with Gasteiger partial charge in [0, 0.05) is 0 Å². The Labute approximate surface area is 149 Å². The van der Waals surface area contributed by atoms with Crippen molar-refractivity contribution >= 4 is 18.9 Å². The van der Waals surface area contributed by atoms with Gasteiger partial charge in [-0.3, -0.25) is 4.57 Å². The minimum Gasteiger partial charge on any atom is -0.309 e. The van der Waals surface area contributed by atoms with Gasteiger partial charge in [0.2, 0.25) is 0 Å². The van der Waals surface area contributed by atoms with Crippen LogP contribution in [-0.4, -0.2) is 13.2 Å². The van der Waals surface area contributed by atoms with Crippen molar-refractivity contribution in [3.05, 3.63) is 46.2 Å². The molecular formula is C19H27O3PS. The van der Waals surface area contributed by atoms with Gasteiger partial charge < -0.3 is 9.05 Å². The van der Waals surface area contributed by atoms with Crippen LogP contribution in [0.25, 0.3) is 11.1 Å². The summed E-state index contributed by atoms with van der Waals surface area (Å²) in [6.07, 6.45) is 0.314. The normalized spacial score (nSPS) is 12.5. The minimum atomic E-state index is -3.08. The van der Waals surface area contributed by atoms with Crippen molar-refractivity contribution in [3.8, 4) is 11.1 Å². The zero-order valence-electron chi connectivity index (χ0n) is 15.2. The van der Waals surface area contributed by atoms with Crippen LogP contribution in [0.2, 0.25) is 0 Å². The fourth-order valence-electron chi connectivity index (χ4n) is 2.58. The molecule has 24 heavy (non-hydrogen) atoms. The van der Waals surface area contributed by atoms with Gasteiger partial charge in [-0.2, -0.15) is 11.3 Å². The quantitative estimate of drug-likeness (QED) is 0.526. The van der Waals surface area contributed by atoms with E-state index in [-0.39, 0.29) is 5.41 Å². The van der Waals surface area contributed by atoms with Gasteiger partial charge in [0.15, 0.2) is 0 Å². The van der Waals surface area contributed by atoms with Crippen LogP contribution in [0.1, 0.15) is 45.7 Å². The molecule has 1 aromatic carbocycles. The molecule has 0 radical (unpaired) electrons. The molecular weight excluding hydrogens is 339 g/mol. The molecule has 2 rings (SSSR count). The summed E-state index contributed by atoms with van der Waals surface area (Å²) in [4.78, 5) is 0. The fourth-order valence-corrected chi connectivity index (χ4v) is 5.29. The lowest BCUT2D eigenvalue weighted by Crippen LogP contribution is -2.10. The van der Waals surface area contributed by atoms with Crippen molar-refractivity contribution in [2.75, 3.05) is 13.2 Å². The van der Waals surface area contributed by atoms with Crippen molar-refractivity contribution in [2.45, 2.75) is 46.2 Å². The van der Waals surface area contributed by atoms with E-state index in [2.05, 4.69) is 50.4 Å². The number of hydrogen-bond acceptors (Lipinski definition) is 4. The van der Waals surface area contributed by atoms with Crippen LogP contribution in [0, 0.1) is 0 Å². The van der Waals surface area contributed by atoms with Crippen LogP contribution < -0.4 is 0 Å². The lowest BCUT2D eigenvalue weighted by molar-refractivity contribution is 0.219. The Hall–Kier alpha value is -0.930. The summed E-state index contributed by atoms with van der Waals surface area (Å²) in [6, 6.07) is 8.61. The first-order valence-electron chi connectivity index (χ1n) is 8.33. The van der Waals surface area contributed by atoms with E-state index in [9.17, 15) is 4.57 Å². The molecule has 0 aliphatic rings. The molecule has 0 amide bonds. The Bertz CT molecular complexity index is 688. The van der Waals surface area contributed by atoms with Gasteiger partial charge in [0.25, 0.3) is 0 Å². The molecule has 132 valence electrons. The van der Waals surface area contributed by atoms with Gasteiger partial charge in [-0.25, -0.2) is 0 Å². The second kappa shape index (κ2) is 7.97. The molecule has 0 unspecified atom stereocenters. The van der Waals surface area contributed by atoms with Crippen LogP contribution in [0.3, 0.4) is 0 Å². The molecule has 2 aromatic rings. The summed E-state index contributed by atoms with van der Waals surface area (Å²) in [6.45, 7) is 11.1. The van der Waals surface area contributed by atoms with Crippen molar-refractivity contribution in [2.24, 2.45) is 0 Å². The maximum Gasteiger partial charge on any atom is 0.335 e. The van der Waals surface area contributed by atoms with Gasteiger partial charge in [-0.15, -0.1) is 0 Å². The molecule has 5 heteroatoms. The van der Waals surface area contributed by atoms with Crippen LogP contribution in [0.15, 0.2) is 35.0 Å². The third-order valence-electron chi connectivity index (χ3n) is 3.82. The first-order valence-corrected chi connectivity index (χ1v) is 11.0. The molecule has 0 aliphatic heterocycles. The van der Waals surface area contributed by atoms with E-state index in [1.165, 1.54) is 5.56 Å². The molecule has 0 saturated carbocycles. The molecule has 0 atom stereocenters. The number of benzene rings is 1. The third kappa shape index (κ3) is 4.80. The van der Waals surface area contributed by atoms with E-state index in [4.69, 9.17) is 9.05 Å². The molecule has 0 aliphatic carbocycles. The Morgan fingerprint density at radius 1 is 1.00 bits per heavy atom. The topological polar surface area (TPSA) is 35.5 Å². The van der Waals surface area contributed by atoms with E-state index < -0.39 is 7.60 Å². The largest absolute Gasteiger partial charge is 0.335 e. The van der Waals surface area contributed by atoms with Gasteiger partial charge in [-0.1, -0.05) is 45.0 Å². The van der Waals surface area contributed by atoms with Crippen LogP contribution in [-0.2, 0) is 25.2 Å². The fraction of sp³-hybridized carbons (Fsp3) is 0.474. The van der Waals surface area contributed by atoms with Gasteiger partial charge in [-0.05, 0) is 52.3 Å². The third-order valence-corrected chi connectivity index (χ3v) is 6.64. The van der Waals surface area contributed by atoms with E-state index in [0.29, 0.717) is 19.4 Å². The second-order valence-electron chi connectivity index (χ2n) is 6.74. The highest BCUT2D eigenvalue weighted by molar-refractivity contribution is 7.53. The standard InChI is InChI=1S/C19H27O3PS/c1-6-21-23(20,22-7-2)12-16-13-24-14-18(16)15-8-10-17(11-9-15)19(3,4)5/h8-11,13-14H,6-7,12H2,1-5H3. The monoisotopic (exact) mass is 366 g/mol. The Kier molecular flexibility index (Phi) is 6.44. The van der Waals surface area contributed by atoms with Crippen molar-refractivity contribution in [1.29, 1.82) is 0 Å². The van der Waals surface area contributed by atoms with E-state index in [1.807, 2.05) is 19.2 Å². The molecule has 0 saturated heterocycles. The van der Waals surface area contributed by atoms with Gasteiger partial charge in [0.1, 0.15) is 0 Å². The first-order chi connectivity index (χ1) is 11.3. The summed E-state index contributed by atoms with van der Waals surface area (Å²) in [5.74, 6) is 0. The van der Waals surface area contributed by atoms with E-state index in [1.54, 1.807) is 11.3 Å². The molecule has 0 spiro atoms. The molecule has 0 fully saturated rings. The highest BCUT2D eigenvalue weighted by atomic mass is 32.1. The summed E-state index contributed by atoms with van der Waals surface area (Å²) >= 11 is 1.62. The van der Waals surface area contributed by atoms with E-state index in [0.717, 1.165) is 16.7 Å². The van der Waals surface area contributed by atoms with E-state index >= 15 is 0 Å². The Morgan fingerprint density at radius 3 is 2.08 bits per heavy atom. The summed E-state index contributed by atoms with van der Waals surface area (Å²) in [5, 5.41) is 4.14. The average molecular weight is 366 g/mol. The summed E-state index contributed by atoms with van der Waals surface area (Å²) < 4.78 is 23.7. The maximum atomic E-state index is 12.8. The maximum absolute atomic E-state index is 12.8. The highest BCUT2D eigenvalue weighted by Gasteiger charge is 2.26. The minimum absolute atomic E-state index is 0.135. The lowest BCUT2D eigenvalue weighted by atomic mass is 9.86. The van der Waals surface area contributed by atoms with Crippen LogP contribution >= 0.6 is 18.9 Å². The number of thiophene rings is 1. The summed E-state index contributed by atoms with van der Waals surface area (Å²) in [5.41, 5.74) is 4.71. The molecule has 3 nitrogen and oxygen atoms in total. The number of hydrogen-bond donors (Lipinski definition) is 0. The summed E-state index contributed by atoms with van der Waals surface area (Å²) in [7, 11) is -3.08. The Balaban J connectivity index is 2.28. The van der Waals surface area contributed by atoms with Crippen LogP contribution in [0.4, 0.5) is 0 Å². The highest BCUT2D eigenvalue weighted by Crippen LogP contribution is 2.52. The molecule has 0 bridgehead atoms. The zero-order chi connectivity index (χ0) is 17.8. The van der Waals surface area contributed by atoms with Crippen LogP contribution in [0.5, 0.6) is 0 Å². The zero-order valence-corrected chi connectivity index (χ0v) is 16.9. The predicted molar refractivity (Wildman–Crippen MR) is 103 cm³/mol. The van der Waals surface area contributed by atoms with Crippen molar-refractivity contribution in [3.63, 3.8) is 0 Å². The van der Waals surface area contributed by atoms with Gasteiger partial charge >= 0.3 is 7.60 Å². The molecule has 0 N–H and O–H groups in total. The Morgan fingerprint density at radius 2 is 1.58 bits per heavy atom. The smallest absolute Gasteiger partial charge is 0.309 e. The van der Waals surface area contributed by atoms with Gasteiger partial charge in [0.05, 0.1) is 19.4 Å². The SMILES string of the molecule is CCOP(=O)(Cc1cscc1-c1ccc(C(C)(C)C)cc1)OCC. The van der Waals surface area contributed by atoms with Crippen molar-refractivity contribution < 1.29 is 13.6 Å². The second-order valence-corrected chi connectivity index (χ2v) is 9.54.